The molecule has 11 nitrogen and oxygen atoms in total. The zero-order valence-corrected chi connectivity index (χ0v) is 19.6. The number of carbonyl (C=O) groups excluding carboxylic acids is 1. The van der Waals surface area contributed by atoms with E-state index in [-0.39, 0.29) is 35.1 Å². The number of ether oxygens (including phenoxy) is 1. The number of amides is 1. The molecule has 1 amide bonds. The number of hydrogen-bond acceptors (Lipinski definition) is 10. The highest BCUT2D eigenvalue weighted by Gasteiger charge is 2.27. The average Bonchev–Trinajstić information content (AvgIpc) is 2.83. The molecule has 0 spiro atoms. The summed E-state index contributed by atoms with van der Waals surface area (Å²) in [4.78, 5) is 45.0. The van der Waals surface area contributed by atoms with E-state index in [1.54, 1.807) is 32.0 Å². The third kappa shape index (κ3) is 5.06. The lowest BCUT2D eigenvalue weighted by Crippen LogP contribution is -2.41. The molecule has 0 radical (unpaired) electrons. The van der Waals surface area contributed by atoms with Crippen molar-refractivity contribution in [1.29, 1.82) is 5.26 Å². The number of hydrogen-bond donors (Lipinski definition) is 4. The molecule has 0 atom stereocenters. The first-order valence-electron chi connectivity index (χ1n) is 11.1. The molecule has 0 bridgehead atoms. The molecule has 0 unspecified atom stereocenters. The van der Waals surface area contributed by atoms with Crippen molar-refractivity contribution in [3.63, 3.8) is 0 Å². The maximum absolute atomic E-state index is 12.5. The van der Waals surface area contributed by atoms with Gasteiger partial charge < -0.3 is 26.0 Å². The Bertz CT molecular complexity index is 1380. The zero-order valence-electron chi connectivity index (χ0n) is 19.6. The predicted octanol–water partition coefficient (Wildman–Crippen LogP) is 2.56. The normalized spacial score (nSPS) is 13.4. The molecule has 1 aromatic heterocycles. The maximum Gasteiger partial charge on any atom is 0.253 e. The lowest BCUT2D eigenvalue weighted by atomic mass is 9.93. The smallest absolute Gasteiger partial charge is 0.253 e. The minimum Gasteiger partial charge on any atom is -0.495 e. The first kappa shape index (κ1) is 23.7. The van der Waals surface area contributed by atoms with Crippen molar-refractivity contribution in [3.8, 4) is 11.8 Å². The van der Waals surface area contributed by atoms with Gasteiger partial charge in [0.05, 0.1) is 18.9 Å². The summed E-state index contributed by atoms with van der Waals surface area (Å²) in [6, 6.07) is 8.80. The molecule has 1 fully saturated rings. The fourth-order valence-electron chi connectivity index (χ4n) is 3.46. The van der Waals surface area contributed by atoms with Crippen LogP contribution in [0.3, 0.4) is 0 Å². The second kappa shape index (κ2) is 9.42. The summed E-state index contributed by atoms with van der Waals surface area (Å²) in [6.45, 7) is 3.19. The van der Waals surface area contributed by atoms with Crippen LogP contribution in [-0.4, -0.2) is 34.6 Å². The summed E-state index contributed by atoms with van der Waals surface area (Å²) >= 11 is 0. The quantitative estimate of drug-likeness (QED) is 0.339. The second-order valence-corrected chi connectivity index (χ2v) is 8.80. The van der Waals surface area contributed by atoms with E-state index in [2.05, 4.69) is 31.2 Å². The number of benzene rings is 1. The summed E-state index contributed by atoms with van der Waals surface area (Å²) in [6.07, 6.45) is 4.59. The molecule has 4 rings (SSSR count). The first-order chi connectivity index (χ1) is 16.7. The number of rotatable bonds is 9. The van der Waals surface area contributed by atoms with E-state index in [1.807, 2.05) is 6.07 Å². The molecule has 180 valence electrons. The van der Waals surface area contributed by atoms with Crippen LogP contribution in [0.25, 0.3) is 0 Å². The van der Waals surface area contributed by atoms with Gasteiger partial charge in [0.25, 0.3) is 16.8 Å². The van der Waals surface area contributed by atoms with E-state index < -0.39 is 16.4 Å². The lowest BCUT2D eigenvalue weighted by Gasteiger charge is -2.26. The molecule has 1 heterocycles. The molecule has 1 aliphatic rings. The van der Waals surface area contributed by atoms with Crippen LogP contribution in [0.5, 0.6) is 5.75 Å². The van der Waals surface area contributed by atoms with E-state index in [4.69, 9.17) is 4.74 Å². The standard InChI is InChI=1S/C24H25N7O4/c1-24(2,12-25)31-19-18(20(32)21(19)33)29-17-9-10-26-23(30-17)28-15-8-7-13(11-16(15)35-3)22(34)27-14-5-4-6-14/h7-11,14,31H,4-6H2,1-3H3,(H,27,34)(H2,26,28,29,30). The number of methoxy groups -OCH3 is 1. The van der Waals surface area contributed by atoms with Crippen LogP contribution in [0.2, 0.25) is 0 Å². The van der Waals surface area contributed by atoms with Crippen LogP contribution in [0.4, 0.5) is 28.8 Å². The number of nitrogens with zero attached hydrogens (tertiary/aromatic N) is 3. The Hall–Kier alpha value is -4.46. The van der Waals surface area contributed by atoms with E-state index in [0.717, 1.165) is 19.3 Å². The molecular formula is C24H25N7O4. The monoisotopic (exact) mass is 475 g/mol. The van der Waals surface area contributed by atoms with Crippen molar-refractivity contribution in [3.05, 3.63) is 56.5 Å². The van der Waals surface area contributed by atoms with Crippen LogP contribution < -0.4 is 36.9 Å². The van der Waals surface area contributed by atoms with Gasteiger partial charge in [-0.3, -0.25) is 14.4 Å². The summed E-state index contributed by atoms with van der Waals surface area (Å²) in [5.74, 6) is 0.744. The molecule has 1 aliphatic carbocycles. The molecule has 3 aromatic rings. The molecule has 0 saturated heterocycles. The van der Waals surface area contributed by atoms with Gasteiger partial charge in [0.1, 0.15) is 28.5 Å². The fourth-order valence-corrected chi connectivity index (χ4v) is 3.46. The van der Waals surface area contributed by atoms with E-state index in [1.165, 1.54) is 19.4 Å². The average molecular weight is 476 g/mol. The Labute approximate surface area is 201 Å². The fraction of sp³-hybridized carbons (Fsp3) is 0.333. The van der Waals surface area contributed by atoms with E-state index in [0.29, 0.717) is 17.0 Å². The molecule has 11 heteroatoms. The van der Waals surface area contributed by atoms with Gasteiger partial charge in [-0.25, -0.2) is 4.98 Å². The molecule has 0 aliphatic heterocycles. The topological polar surface area (TPSA) is 158 Å². The van der Waals surface area contributed by atoms with Crippen LogP contribution >= 0.6 is 0 Å². The third-order valence-electron chi connectivity index (χ3n) is 5.69. The zero-order chi connectivity index (χ0) is 25.2. The molecule has 1 saturated carbocycles. The summed E-state index contributed by atoms with van der Waals surface area (Å²) < 4.78 is 5.43. The van der Waals surface area contributed by atoms with Crippen LogP contribution in [0.15, 0.2) is 40.1 Å². The Balaban J connectivity index is 1.50. The predicted molar refractivity (Wildman–Crippen MR) is 131 cm³/mol. The highest BCUT2D eigenvalue weighted by molar-refractivity contribution is 5.95. The Morgan fingerprint density at radius 1 is 1.14 bits per heavy atom. The number of nitriles is 1. The summed E-state index contributed by atoms with van der Waals surface area (Å²) in [5, 5.41) is 20.8. The third-order valence-corrected chi connectivity index (χ3v) is 5.69. The molecule has 4 N–H and O–H groups in total. The number of aromatic nitrogens is 2. The largest absolute Gasteiger partial charge is 0.495 e. The van der Waals surface area contributed by atoms with Crippen molar-refractivity contribution in [1.82, 2.24) is 15.3 Å². The number of anilines is 5. The van der Waals surface area contributed by atoms with Gasteiger partial charge in [-0.1, -0.05) is 0 Å². The van der Waals surface area contributed by atoms with Crippen molar-refractivity contribution < 1.29 is 9.53 Å². The van der Waals surface area contributed by atoms with Gasteiger partial charge >= 0.3 is 0 Å². The van der Waals surface area contributed by atoms with Crippen molar-refractivity contribution in [2.45, 2.75) is 44.7 Å². The summed E-state index contributed by atoms with van der Waals surface area (Å²) in [5.41, 5.74) is -1.35. The van der Waals surface area contributed by atoms with Gasteiger partial charge in [-0.15, -0.1) is 0 Å². The minimum absolute atomic E-state index is 0.0300. The van der Waals surface area contributed by atoms with Gasteiger partial charge in [0.15, 0.2) is 0 Å². The highest BCUT2D eigenvalue weighted by atomic mass is 16.5. The van der Waals surface area contributed by atoms with Crippen molar-refractivity contribution >= 4 is 34.7 Å². The molecular weight excluding hydrogens is 450 g/mol. The van der Waals surface area contributed by atoms with Gasteiger partial charge in [0, 0.05) is 17.8 Å². The summed E-state index contributed by atoms with van der Waals surface area (Å²) in [7, 11) is 1.50. The maximum atomic E-state index is 12.5. The molecule has 2 aromatic carbocycles. The second-order valence-electron chi connectivity index (χ2n) is 8.80. The van der Waals surface area contributed by atoms with E-state index in [9.17, 15) is 19.6 Å². The van der Waals surface area contributed by atoms with Crippen molar-refractivity contribution in [2.75, 3.05) is 23.1 Å². The van der Waals surface area contributed by atoms with Crippen molar-refractivity contribution in [2.24, 2.45) is 0 Å². The SMILES string of the molecule is COc1cc(C(=O)NC2CCC2)ccc1Nc1nccc(Nc2c(NC(C)(C)C#N)c(=O)c2=O)n1. The Morgan fingerprint density at radius 3 is 2.54 bits per heavy atom. The molecule has 35 heavy (non-hydrogen) atoms. The number of nitrogens with one attached hydrogen (secondary N) is 4. The van der Waals surface area contributed by atoms with Gasteiger partial charge in [-0.05, 0) is 57.4 Å². The first-order valence-corrected chi connectivity index (χ1v) is 11.1. The van der Waals surface area contributed by atoms with Crippen LogP contribution in [-0.2, 0) is 0 Å². The van der Waals surface area contributed by atoms with Crippen LogP contribution in [0, 0.1) is 11.3 Å². The van der Waals surface area contributed by atoms with Crippen LogP contribution in [0.1, 0.15) is 43.5 Å². The number of carbonyl (C=O) groups is 1. The Kier molecular flexibility index (Phi) is 6.38. The Morgan fingerprint density at radius 2 is 1.89 bits per heavy atom. The highest BCUT2D eigenvalue weighted by Crippen LogP contribution is 2.29. The van der Waals surface area contributed by atoms with Gasteiger partial charge in [-0.2, -0.15) is 10.2 Å². The van der Waals surface area contributed by atoms with E-state index >= 15 is 0 Å². The van der Waals surface area contributed by atoms with Gasteiger partial charge in [0.2, 0.25) is 5.95 Å². The lowest BCUT2D eigenvalue weighted by molar-refractivity contribution is 0.0916. The minimum atomic E-state index is -1.03.